The number of benzene rings is 2. The number of hydrogen-bond acceptors (Lipinski definition) is 2. The first-order valence-electron chi connectivity index (χ1n) is 6.97. The zero-order valence-corrected chi connectivity index (χ0v) is 12.2. The third-order valence-electron chi connectivity index (χ3n) is 3.27. The number of unbranched alkanes of at least 4 members (excludes halogenated alkanes) is 1. The fourth-order valence-corrected chi connectivity index (χ4v) is 2.38. The lowest BCUT2D eigenvalue weighted by molar-refractivity contribution is 0.139. The van der Waals surface area contributed by atoms with E-state index >= 15 is 0 Å². The lowest BCUT2D eigenvalue weighted by atomic mass is 10.1. The average Bonchev–Trinajstić information content (AvgIpc) is 2.48. The lowest BCUT2D eigenvalue weighted by Crippen LogP contribution is -2.22. The average molecular weight is 290 g/mol. The van der Waals surface area contributed by atoms with E-state index in [1.165, 1.54) is 5.56 Å². The van der Waals surface area contributed by atoms with Gasteiger partial charge in [-0.1, -0.05) is 60.1 Å². The van der Waals surface area contributed by atoms with Crippen LogP contribution in [-0.4, -0.2) is 11.7 Å². The minimum absolute atomic E-state index is 0.594. The van der Waals surface area contributed by atoms with Gasteiger partial charge >= 0.3 is 0 Å². The first-order chi connectivity index (χ1) is 9.77. The fraction of sp³-hybridized carbons (Fsp3) is 0.294. The third-order valence-corrected chi connectivity index (χ3v) is 3.62. The van der Waals surface area contributed by atoms with Gasteiger partial charge in [-0.15, -0.1) is 0 Å². The molecule has 2 nitrogen and oxygen atoms in total. The Morgan fingerprint density at radius 1 is 0.950 bits per heavy atom. The Morgan fingerprint density at radius 3 is 2.40 bits per heavy atom. The van der Waals surface area contributed by atoms with E-state index in [1.54, 1.807) is 6.07 Å². The van der Waals surface area contributed by atoms with Gasteiger partial charge in [-0.25, -0.2) is 0 Å². The van der Waals surface area contributed by atoms with Crippen LogP contribution in [0, 0.1) is 0 Å². The molecule has 0 spiro atoms. The summed E-state index contributed by atoms with van der Waals surface area (Å²) in [7, 11) is 0. The Labute approximate surface area is 125 Å². The van der Waals surface area contributed by atoms with Crippen molar-refractivity contribution in [2.45, 2.75) is 25.5 Å². The molecule has 0 radical (unpaired) electrons. The van der Waals surface area contributed by atoms with Gasteiger partial charge in [0.2, 0.25) is 0 Å². The van der Waals surface area contributed by atoms with Crippen LogP contribution in [0.1, 0.15) is 30.2 Å². The number of nitrogens with one attached hydrogen (secondary N) is 1. The third kappa shape index (κ3) is 4.64. The lowest BCUT2D eigenvalue weighted by Gasteiger charge is -2.14. The second-order valence-electron chi connectivity index (χ2n) is 4.82. The fourth-order valence-electron chi connectivity index (χ4n) is 2.14. The maximum atomic E-state index is 10.0. The molecule has 1 unspecified atom stereocenters. The molecule has 3 heteroatoms. The topological polar surface area (TPSA) is 32.3 Å². The number of aliphatic hydroxyl groups excluding tert-OH is 1. The van der Waals surface area contributed by atoms with Crippen LogP contribution in [0.4, 0.5) is 0 Å². The molecule has 2 rings (SSSR count). The highest BCUT2D eigenvalue weighted by molar-refractivity contribution is 6.31. The Hall–Kier alpha value is -1.35. The molecule has 2 aromatic rings. The summed E-state index contributed by atoms with van der Waals surface area (Å²) in [6.07, 6.45) is 2.51. The summed E-state index contributed by atoms with van der Waals surface area (Å²) in [5.41, 5.74) is 2.09. The highest BCUT2D eigenvalue weighted by atomic mass is 35.5. The first-order valence-corrected chi connectivity index (χ1v) is 7.35. The zero-order chi connectivity index (χ0) is 14.2. The molecule has 0 aliphatic rings. The SMILES string of the molecule is OC(NCCCCc1ccccc1)c1ccccc1Cl. The van der Waals surface area contributed by atoms with Crippen molar-refractivity contribution >= 4 is 11.6 Å². The summed E-state index contributed by atoms with van der Waals surface area (Å²) in [5, 5.41) is 13.7. The summed E-state index contributed by atoms with van der Waals surface area (Å²) < 4.78 is 0. The van der Waals surface area contributed by atoms with E-state index in [0.717, 1.165) is 31.4 Å². The van der Waals surface area contributed by atoms with E-state index < -0.39 is 6.23 Å². The molecule has 0 fully saturated rings. The molecular weight excluding hydrogens is 270 g/mol. The van der Waals surface area contributed by atoms with Gasteiger partial charge in [0, 0.05) is 10.6 Å². The second kappa shape index (κ2) is 8.05. The number of halogens is 1. The van der Waals surface area contributed by atoms with Crippen LogP contribution in [0.3, 0.4) is 0 Å². The van der Waals surface area contributed by atoms with Crippen LogP contribution in [-0.2, 0) is 6.42 Å². The zero-order valence-electron chi connectivity index (χ0n) is 11.4. The maximum Gasteiger partial charge on any atom is 0.132 e. The van der Waals surface area contributed by atoms with Crippen molar-refractivity contribution in [3.05, 3.63) is 70.7 Å². The van der Waals surface area contributed by atoms with Gasteiger partial charge in [-0.05, 0) is 37.4 Å². The molecule has 106 valence electrons. The normalized spacial score (nSPS) is 12.3. The van der Waals surface area contributed by atoms with Crippen molar-refractivity contribution in [3.63, 3.8) is 0 Å². The quantitative estimate of drug-likeness (QED) is 0.598. The molecule has 0 saturated carbocycles. The Bertz CT molecular complexity index is 515. The van der Waals surface area contributed by atoms with Crippen molar-refractivity contribution < 1.29 is 5.11 Å². The van der Waals surface area contributed by atoms with Gasteiger partial charge in [0.1, 0.15) is 6.23 Å². The second-order valence-corrected chi connectivity index (χ2v) is 5.23. The molecule has 2 N–H and O–H groups in total. The van der Waals surface area contributed by atoms with Crippen LogP contribution in [0.15, 0.2) is 54.6 Å². The molecule has 2 aromatic carbocycles. The standard InChI is InChI=1S/C17H20ClNO/c18-16-12-5-4-11-15(16)17(20)19-13-7-6-10-14-8-2-1-3-9-14/h1-5,8-9,11-12,17,19-20H,6-7,10,13H2. The van der Waals surface area contributed by atoms with Crippen molar-refractivity contribution in [1.82, 2.24) is 5.32 Å². The minimum Gasteiger partial charge on any atom is -0.374 e. The van der Waals surface area contributed by atoms with Gasteiger partial charge < -0.3 is 5.11 Å². The van der Waals surface area contributed by atoms with Crippen LogP contribution in [0.25, 0.3) is 0 Å². The molecule has 0 heterocycles. The molecule has 0 aromatic heterocycles. The van der Waals surface area contributed by atoms with Gasteiger partial charge in [0.05, 0.1) is 0 Å². The molecule has 0 aliphatic carbocycles. The van der Waals surface area contributed by atoms with Gasteiger partial charge in [0.15, 0.2) is 0 Å². The Balaban J connectivity index is 1.67. The van der Waals surface area contributed by atoms with Crippen LogP contribution in [0.5, 0.6) is 0 Å². The number of aliphatic hydroxyl groups is 1. The summed E-state index contributed by atoms with van der Waals surface area (Å²) in [6.45, 7) is 0.777. The van der Waals surface area contributed by atoms with E-state index in [0.29, 0.717) is 5.02 Å². The summed E-state index contributed by atoms with van der Waals surface area (Å²) >= 11 is 6.04. The van der Waals surface area contributed by atoms with Crippen LogP contribution in [0.2, 0.25) is 5.02 Å². The van der Waals surface area contributed by atoms with Crippen LogP contribution >= 0.6 is 11.6 Å². The van der Waals surface area contributed by atoms with Crippen molar-refractivity contribution in [3.8, 4) is 0 Å². The van der Waals surface area contributed by atoms with Gasteiger partial charge in [-0.2, -0.15) is 0 Å². The van der Waals surface area contributed by atoms with Crippen LogP contribution < -0.4 is 5.32 Å². The predicted molar refractivity (Wildman–Crippen MR) is 83.8 cm³/mol. The van der Waals surface area contributed by atoms with E-state index in [4.69, 9.17) is 11.6 Å². The summed E-state index contributed by atoms with van der Waals surface area (Å²) in [4.78, 5) is 0. The molecule has 0 saturated heterocycles. The summed E-state index contributed by atoms with van der Waals surface area (Å²) in [5.74, 6) is 0. The molecule has 0 bridgehead atoms. The van der Waals surface area contributed by atoms with Crippen molar-refractivity contribution in [2.75, 3.05) is 6.54 Å². The van der Waals surface area contributed by atoms with E-state index in [9.17, 15) is 5.11 Å². The van der Waals surface area contributed by atoms with E-state index in [2.05, 4.69) is 29.6 Å². The summed E-state index contributed by atoms with van der Waals surface area (Å²) in [6, 6.07) is 17.8. The van der Waals surface area contributed by atoms with E-state index in [-0.39, 0.29) is 0 Å². The molecular formula is C17H20ClNO. The van der Waals surface area contributed by atoms with E-state index in [1.807, 2.05) is 24.3 Å². The molecule has 1 atom stereocenters. The molecule has 20 heavy (non-hydrogen) atoms. The predicted octanol–water partition coefficient (Wildman–Crippen LogP) is 3.94. The Kier molecular flexibility index (Phi) is 6.06. The number of hydrogen-bond donors (Lipinski definition) is 2. The minimum atomic E-state index is -0.694. The van der Waals surface area contributed by atoms with Gasteiger partial charge in [-0.3, -0.25) is 5.32 Å². The number of aryl methyl sites for hydroxylation is 1. The van der Waals surface area contributed by atoms with Crippen molar-refractivity contribution in [2.24, 2.45) is 0 Å². The highest BCUT2D eigenvalue weighted by Gasteiger charge is 2.09. The number of rotatable bonds is 7. The molecule has 0 amide bonds. The monoisotopic (exact) mass is 289 g/mol. The van der Waals surface area contributed by atoms with Crippen molar-refractivity contribution in [1.29, 1.82) is 0 Å². The highest BCUT2D eigenvalue weighted by Crippen LogP contribution is 2.20. The van der Waals surface area contributed by atoms with Gasteiger partial charge in [0.25, 0.3) is 0 Å². The molecule has 0 aliphatic heterocycles. The maximum absolute atomic E-state index is 10.0. The first kappa shape index (κ1) is 15.0. The Morgan fingerprint density at radius 2 is 1.65 bits per heavy atom. The largest absolute Gasteiger partial charge is 0.374 e. The smallest absolute Gasteiger partial charge is 0.132 e.